The minimum absolute atomic E-state index is 0. The van der Waals surface area contributed by atoms with Gasteiger partial charge in [0.25, 0.3) is 0 Å². The molecule has 0 radical (unpaired) electrons. The van der Waals surface area contributed by atoms with E-state index in [1.54, 1.807) is 18.2 Å². The van der Waals surface area contributed by atoms with E-state index in [0.717, 1.165) is 5.56 Å². The molecule has 1 saturated heterocycles. The Morgan fingerprint density at radius 1 is 1.04 bits per heavy atom. The molecule has 0 aliphatic carbocycles. The molecule has 7 heteroatoms. The Morgan fingerprint density at radius 3 is 2.36 bits per heavy atom. The molecule has 2 aromatic rings. The molecule has 0 spiro atoms. The maximum atomic E-state index is 13.2. The van der Waals surface area contributed by atoms with Crippen LogP contribution in [0.1, 0.15) is 17.2 Å². The maximum Gasteiger partial charge on any atom is 0.245 e. The quantitative estimate of drug-likeness (QED) is 0.706. The standard InChI is InChI=1S/C18H19N3O2S.ClH/c1-20-11-12-21(17(14-20)15-7-3-2-4-8-15)24(22,23)18-10-6-5-9-16(18)13-19;/h2-10,17H,11-12,14H2,1H3;1H/p-1. The van der Waals surface area contributed by atoms with E-state index in [0.29, 0.717) is 19.6 Å². The summed E-state index contributed by atoms with van der Waals surface area (Å²) in [5, 5.41) is 9.26. The zero-order valence-corrected chi connectivity index (χ0v) is 15.4. The number of piperazine rings is 1. The van der Waals surface area contributed by atoms with Gasteiger partial charge in [-0.25, -0.2) is 8.42 Å². The largest absolute Gasteiger partial charge is 1.00 e. The Hall–Kier alpha value is -1.91. The summed E-state index contributed by atoms with van der Waals surface area (Å²) in [6.45, 7) is 1.69. The summed E-state index contributed by atoms with van der Waals surface area (Å²) in [6.07, 6.45) is 0. The number of nitriles is 1. The van der Waals surface area contributed by atoms with E-state index >= 15 is 0 Å². The van der Waals surface area contributed by atoms with Gasteiger partial charge in [0.05, 0.1) is 16.5 Å². The zero-order valence-electron chi connectivity index (χ0n) is 13.8. The van der Waals surface area contributed by atoms with Crippen molar-refractivity contribution in [3.05, 3.63) is 65.7 Å². The van der Waals surface area contributed by atoms with E-state index in [4.69, 9.17) is 0 Å². The van der Waals surface area contributed by atoms with Crippen LogP contribution in [0.3, 0.4) is 0 Å². The monoisotopic (exact) mass is 376 g/mol. The summed E-state index contributed by atoms with van der Waals surface area (Å²) < 4.78 is 28.0. The molecule has 0 aromatic heterocycles. The topological polar surface area (TPSA) is 64.4 Å². The summed E-state index contributed by atoms with van der Waals surface area (Å²) in [6, 6.07) is 17.7. The van der Waals surface area contributed by atoms with Crippen molar-refractivity contribution in [1.29, 1.82) is 5.26 Å². The first-order valence-electron chi connectivity index (χ1n) is 7.78. The number of hydrogen-bond acceptors (Lipinski definition) is 4. The predicted molar refractivity (Wildman–Crippen MR) is 91.7 cm³/mol. The van der Waals surface area contributed by atoms with Crippen LogP contribution in [0, 0.1) is 11.3 Å². The van der Waals surface area contributed by atoms with E-state index in [1.165, 1.54) is 10.4 Å². The molecule has 1 aliphatic heterocycles. The fourth-order valence-electron chi connectivity index (χ4n) is 3.05. The Bertz CT molecular complexity index is 865. The van der Waals surface area contributed by atoms with Crippen LogP contribution >= 0.6 is 0 Å². The van der Waals surface area contributed by atoms with E-state index in [-0.39, 0.29) is 28.9 Å². The molecule has 0 amide bonds. The summed E-state index contributed by atoms with van der Waals surface area (Å²) in [4.78, 5) is 2.21. The van der Waals surface area contributed by atoms with Crippen molar-refractivity contribution in [2.75, 3.05) is 26.7 Å². The van der Waals surface area contributed by atoms with Crippen LogP contribution in [0.15, 0.2) is 59.5 Å². The molecule has 1 aliphatic rings. The van der Waals surface area contributed by atoms with E-state index < -0.39 is 10.0 Å². The molecule has 3 rings (SSSR count). The van der Waals surface area contributed by atoms with Gasteiger partial charge in [0, 0.05) is 19.6 Å². The normalized spacial score (nSPS) is 19.0. The van der Waals surface area contributed by atoms with Gasteiger partial charge in [-0.1, -0.05) is 42.5 Å². The maximum absolute atomic E-state index is 13.2. The van der Waals surface area contributed by atoms with Gasteiger partial charge in [-0.2, -0.15) is 9.57 Å². The summed E-state index contributed by atoms with van der Waals surface area (Å²) in [7, 11) is -1.75. The summed E-state index contributed by atoms with van der Waals surface area (Å²) in [5.74, 6) is 0. The highest BCUT2D eigenvalue weighted by Gasteiger charge is 2.37. The Balaban J connectivity index is 0.00000225. The minimum atomic E-state index is -3.74. The van der Waals surface area contributed by atoms with Crippen molar-refractivity contribution in [3.8, 4) is 6.07 Å². The number of rotatable bonds is 3. The van der Waals surface area contributed by atoms with Crippen molar-refractivity contribution < 1.29 is 20.8 Å². The number of benzene rings is 2. The van der Waals surface area contributed by atoms with Crippen LogP contribution < -0.4 is 12.4 Å². The molecule has 5 nitrogen and oxygen atoms in total. The van der Waals surface area contributed by atoms with Gasteiger partial charge in [-0.05, 0) is 24.7 Å². The van der Waals surface area contributed by atoms with Crippen LogP contribution in [0.25, 0.3) is 0 Å². The lowest BCUT2D eigenvalue weighted by Gasteiger charge is -2.39. The molecule has 0 saturated carbocycles. The van der Waals surface area contributed by atoms with Crippen molar-refractivity contribution in [1.82, 2.24) is 9.21 Å². The Morgan fingerprint density at radius 2 is 1.68 bits per heavy atom. The molecule has 25 heavy (non-hydrogen) atoms. The van der Waals surface area contributed by atoms with Crippen LogP contribution in [0.5, 0.6) is 0 Å². The summed E-state index contributed by atoms with van der Waals surface area (Å²) >= 11 is 0. The number of likely N-dealkylation sites (N-methyl/N-ethyl adjacent to an activating group) is 1. The first kappa shape index (κ1) is 19.4. The van der Waals surface area contributed by atoms with Gasteiger partial charge in [0.15, 0.2) is 0 Å². The fraction of sp³-hybridized carbons (Fsp3) is 0.278. The third kappa shape index (κ3) is 3.86. The van der Waals surface area contributed by atoms with Crippen molar-refractivity contribution >= 4 is 10.0 Å². The summed E-state index contributed by atoms with van der Waals surface area (Å²) in [5.41, 5.74) is 1.14. The molecule has 0 bridgehead atoms. The van der Waals surface area contributed by atoms with E-state index in [2.05, 4.69) is 4.90 Å². The molecule has 1 atom stereocenters. The van der Waals surface area contributed by atoms with E-state index in [1.807, 2.05) is 43.4 Å². The van der Waals surface area contributed by atoms with Gasteiger partial charge < -0.3 is 17.3 Å². The third-order valence-electron chi connectivity index (χ3n) is 4.31. The number of halogens is 1. The van der Waals surface area contributed by atoms with Crippen molar-refractivity contribution in [2.45, 2.75) is 10.9 Å². The van der Waals surface area contributed by atoms with Gasteiger partial charge in [-0.3, -0.25) is 0 Å². The molecule has 1 heterocycles. The van der Waals surface area contributed by atoms with Crippen LogP contribution in [-0.2, 0) is 10.0 Å². The lowest BCUT2D eigenvalue weighted by atomic mass is 10.1. The van der Waals surface area contributed by atoms with Crippen LogP contribution in [0.4, 0.5) is 0 Å². The number of sulfonamides is 1. The first-order valence-corrected chi connectivity index (χ1v) is 9.22. The smallest absolute Gasteiger partial charge is 0.245 e. The second-order valence-corrected chi connectivity index (χ2v) is 7.77. The lowest BCUT2D eigenvalue weighted by molar-refractivity contribution is -0.00000797. The molecule has 2 aromatic carbocycles. The highest BCUT2D eigenvalue weighted by molar-refractivity contribution is 7.89. The fourth-order valence-corrected chi connectivity index (χ4v) is 4.79. The SMILES string of the molecule is CN1CCN(S(=O)(=O)c2ccccc2C#N)C(c2ccccc2)C1.[Cl-]. The molecule has 0 N–H and O–H groups in total. The molecule has 1 fully saturated rings. The molecular weight excluding hydrogens is 358 g/mol. The molecule has 1 unspecified atom stereocenters. The molecular formula is C18H19ClN3O2S-. The van der Waals surface area contributed by atoms with E-state index in [9.17, 15) is 13.7 Å². The Labute approximate surface area is 154 Å². The van der Waals surface area contributed by atoms with Crippen LogP contribution in [0.2, 0.25) is 0 Å². The second kappa shape index (κ2) is 7.98. The van der Waals surface area contributed by atoms with Gasteiger partial charge in [-0.15, -0.1) is 0 Å². The van der Waals surface area contributed by atoms with Gasteiger partial charge in [0.1, 0.15) is 6.07 Å². The van der Waals surface area contributed by atoms with Crippen molar-refractivity contribution in [3.63, 3.8) is 0 Å². The van der Waals surface area contributed by atoms with Gasteiger partial charge >= 0.3 is 0 Å². The van der Waals surface area contributed by atoms with Crippen LogP contribution in [-0.4, -0.2) is 44.3 Å². The zero-order chi connectivity index (χ0) is 17.2. The lowest BCUT2D eigenvalue weighted by Crippen LogP contribution is -3.00. The number of nitrogens with zero attached hydrogens (tertiary/aromatic N) is 3. The second-order valence-electron chi connectivity index (χ2n) is 5.91. The average Bonchev–Trinajstić information content (AvgIpc) is 2.62. The highest BCUT2D eigenvalue weighted by Crippen LogP contribution is 2.31. The molecule has 132 valence electrons. The van der Waals surface area contributed by atoms with Crippen molar-refractivity contribution in [2.24, 2.45) is 0 Å². The highest BCUT2D eigenvalue weighted by atomic mass is 35.5. The third-order valence-corrected chi connectivity index (χ3v) is 6.28. The Kier molecular flexibility index (Phi) is 6.20. The average molecular weight is 377 g/mol. The predicted octanol–water partition coefficient (Wildman–Crippen LogP) is -0.760. The van der Waals surface area contributed by atoms with Gasteiger partial charge in [0.2, 0.25) is 10.0 Å². The number of hydrogen-bond donors (Lipinski definition) is 0. The first-order chi connectivity index (χ1) is 11.5. The minimum Gasteiger partial charge on any atom is -1.00 e.